The average Bonchev–Trinajstić information content (AvgIpc) is 3.26. The Balaban J connectivity index is 0.00000361. The lowest BCUT2D eigenvalue weighted by atomic mass is 10.2. The Bertz CT molecular complexity index is 1450. The Morgan fingerprint density at radius 3 is 2.25 bits per heavy atom. The van der Waals surface area contributed by atoms with Crippen LogP contribution in [0.15, 0.2) is 77.7 Å². The number of nitrogens with zero attached hydrogens (tertiary/aromatic N) is 4. The third-order valence-corrected chi connectivity index (χ3v) is 8.31. The molecule has 4 rings (SSSR count). The van der Waals surface area contributed by atoms with Crippen molar-refractivity contribution in [2.75, 3.05) is 43.4 Å². The molecule has 0 aliphatic heterocycles. The zero-order chi connectivity index (χ0) is 25.2. The number of para-hydroxylation sites is 1. The maximum Gasteiger partial charge on any atom is 0.264 e. The highest BCUT2D eigenvalue weighted by atomic mass is 35.5. The summed E-state index contributed by atoms with van der Waals surface area (Å²) in [5, 5.41) is 0.456. The van der Waals surface area contributed by atoms with Crippen LogP contribution in [0.4, 0.5) is 15.2 Å². The SMILES string of the molecule is CN(C)CCN(C(=O)c1ccc(S(=O)(=O)N(C)c2ccccc2)cc1)c1nc2ccc(F)cc2s1.Cl. The van der Waals surface area contributed by atoms with E-state index in [4.69, 9.17) is 0 Å². The van der Waals surface area contributed by atoms with Gasteiger partial charge < -0.3 is 4.90 Å². The highest BCUT2D eigenvalue weighted by molar-refractivity contribution is 7.92. The van der Waals surface area contributed by atoms with Crippen LogP contribution in [0, 0.1) is 5.82 Å². The number of benzene rings is 3. The van der Waals surface area contributed by atoms with Crippen molar-refractivity contribution in [3.63, 3.8) is 0 Å². The number of carbonyl (C=O) groups is 1. The molecule has 0 aliphatic rings. The molecule has 4 aromatic rings. The number of rotatable bonds is 8. The fourth-order valence-electron chi connectivity index (χ4n) is 3.45. The van der Waals surface area contributed by atoms with Gasteiger partial charge in [0.2, 0.25) is 0 Å². The molecule has 0 N–H and O–H groups in total. The molecule has 190 valence electrons. The van der Waals surface area contributed by atoms with E-state index >= 15 is 0 Å². The predicted molar refractivity (Wildman–Crippen MR) is 146 cm³/mol. The number of halogens is 2. The fourth-order valence-corrected chi connectivity index (χ4v) is 5.66. The molecule has 0 bridgehead atoms. The summed E-state index contributed by atoms with van der Waals surface area (Å²) >= 11 is 1.24. The zero-order valence-electron chi connectivity index (χ0n) is 20.0. The molecule has 3 aromatic carbocycles. The van der Waals surface area contributed by atoms with Gasteiger partial charge in [-0.15, -0.1) is 12.4 Å². The van der Waals surface area contributed by atoms with E-state index in [1.54, 1.807) is 35.2 Å². The van der Waals surface area contributed by atoms with Crippen LogP contribution in [0.1, 0.15) is 10.4 Å². The number of aromatic nitrogens is 1. The third kappa shape index (κ3) is 5.84. The maximum absolute atomic E-state index is 13.7. The summed E-state index contributed by atoms with van der Waals surface area (Å²) in [6.07, 6.45) is 0. The van der Waals surface area contributed by atoms with Crippen molar-refractivity contribution in [1.29, 1.82) is 0 Å². The van der Waals surface area contributed by atoms with Crippen molar-refractivity contribution in [2.24, 2.45) is 0 Å². The van der Waals surface area contributed by atoms with E-state index in [0.29, 0.717) is 39.7 Å². The highest BCUT2D eigenvalue weighted by Gasteiger charge is 2.24. The summed E-state index contributed by atoms with van der Waals surface area (Å²) in [5.41, 5.74) is 1.48. The minimum atomic E-state index is -3.79. The van der Waals surface area contributed by atoms with E-state index in [1.165, 1.54) is 59.1 Å². The molecule has 0 fully saturated rings. The quantitative estimate of drug-likeness (QED) is 0.313. The third-order valence-electron chi connectivity index (χ3n) is 5.47. The van der Waals surface area contributed by atoms with E-state index in [2.05, 4.69) is 4.98 Å². The second kappa shape index (κ2) is 11.3. The first-order valence-corrected chi connectivity index (χ1v) is 13.1. The molecule has 1 aromatic heterocycles. The monoisotopic (exact) mass is 548 g/mol. The van der Waals surface area contributed by atoms with E-state index < -0.39 is 10.0 Å². The molecule has 0 radical (unpaired) electrons. The normalized spacial score (nSPS) is 11.4. The van der Waals surface area contributed by atoms with Crippen molar-refractivity contribution in [1.82, 2.24) is 9.88 Å². The van der Waals surface area contributed by atoms with Crippen LogP contribution in [0.5, 0.6) is 0 Å². The van der Waals surface area contributed by atoms with Crippen LogP contribution < -0.4 is 9.21 Å². The zero-order valence-corrected chi connectivity index (χ0v) is 22.4. The van der Waals surface area contributed by atoms with Crippen molar-refractivity contribution in [2.45, 2.75) is 4.90 Å². The summed E-state index contributed by atoms with van der Waals surface area (Å²) in [7, 11) is 1.50. The van der Waals surface area contributed by atoms with E-state index in [-0.39, 0.29) is 29.0 Å². The second-order valence-electron chi connectivity index (χ2n) is 8.20. The molecule has 7 nitrogen and oxygen atoms in total. The molecule has 0 spiro atoms. The minimum Gasteiger partial charge on any atom is -0.308 e. The number of thiazole rings is 1. The van der Waals surface area contributed by atoms with Crippen LogP contribution in [-0.2, 0) is 10.0 Å². The Morgan fingerprint density at radius 1 is 0.944 bits per heavy atom. The van der Waals surface area contributed by atoms with Crippen molar-refractivity contribution < 1.29 is 17.6 Å². The minimum absolute atomic E-state index is 0. The number of amides is 1. The van der Waals surface area contributed by atoms with Crippen LogP contribution in [0.2, 0.25) is 0 Å². The van der Waals surface area contributed by atoms with Gasteiger partial charge in [-0.3, -0.25) is 14.0 Å². The van der Waals surface area contributed by atoms with Gasteiger partial charge in [0.05, 0.1) is 20.8 Å². The Kier molecular flexibility index (Phi) is 8.67. The van der Waals surface area contributed by atoms with Gasteiger partial charge in [-0.2, -0.15) is 0 Å². The van der Waals surface area contributed by atoms with Gasteiger partial charge >= 0.3 is 0 Å². The summed E-state index contributed by atoms with van der Waals surface area (Å²) in [6, 6.07) is 19.0. The van der Waals surface area contributed by atoms with Crippen LogP contribution in [0.3, 0.4) is 0 Å². The first kappa shape index (κ1) is 27.5. The first-order chi connectivity index (χ1) is 16.7. The molecule has 11 heteroatoms. The smallest absolute Gasteiger partial charge is 0.264 e. The van der Waals surface area contributed by atoms with Gasteiger partial charge in [-0.25, -0.2) is 17.8 Å². The Morgan fingerprint density at radius 2 is 1.61 bits per heavy atom. The van der Waals surface area contributed by atoms with Gasteiger partial charge in [0.15, 0.2) is 5.13 Å². The van der Waals surface area contributed by atoms with Crippen molar-refractivity contribution in [3.05, 3.63) is 84.2 Å². The maximum atomic E-state index is 13.7. The van der Waals surface area contributed by atoms with Crippen molar-refractivity contribution >= 4 is 60.7 Å². The Labute approximate surface area is 220 Å². The molecular weight excluding hydrogens is 523 g/mol. The topological polar surface area (TPSA) is 73.8 Å². The first-order valence-electron chi connectivity index (χ1n) is 10.8. The number of hydrogen-bond acceptors (Lipinski definition) is 6. The van der Waals surface area contributed by atoms with Gasteiger partial charge in [-0.1, -0.05) is 29.5 Å². The van der Waals surface area contributed by atoms with Crippen LogP contribution in [0.25, 0.3) is 10.2 Å². The van der Waals surface area contributed by atoms with E-state index in [0.717, 1.165) is 0 Å². The fraction of sp³-hybridized carbons (Fsp3) is 0.200. The molecule has 0 saturated heterocycles. The predicted octanol–water partition coefficient (Wildman–Crippen LogP) is 4.89. The number of sulfonamides is 1. The number of hydrogen-bond donors (Lipinski definition) is 0. The van der Waals surface area contributed by atoms with Gasteiger partial charge in [0, 0.05) is 25.7 Å². The molecule has 1 heterocycles. The molecule has 1 amide bonds. The lowest BCUT2D eigenvalue weighted by Crippen LogP contribution is -2.36. The number of likely N-dealkylation sites (N-methyl/N-ethyl adjacent to an activating group) is 1. The number of anilines is 2. The summed E-state index contributed by atoms with van der Waals surface area (Å²) < 4.78 is 41.6. The molecule has 36 heavy (non-hydrogen) atoms. The summed E-state index contributed by atoms with van der Waals surface area (Å²) in [5.74, 6) is -0.678. The summed E-state index contributed by atoms with van der Waals surface area (Å²) in [4.78, 5) is 21.6. The standard InChI is InChI=1S/C25H25FN4O3S2.ClH/c1-28(2)15-16-30(25-27-22-14-11-19(26)17-23(22)34-25)24(31)18-9-12-21(13-10-18)35(32,33)29(3)20-7-5-4-6-8-20;/h4-14,17H,15-16H2,1-3H3;1H. The van der Waals surface area contributed by atoms with Crippen molar-refractivity contribution in [3.8, 4) is 0 Å². The molecule has 0 atom stereocenters. The lowest BCUT2D eigenvalue weighted by Gasteiger charge is -2.22. The van der Waals surface area contributed by atoms with Gasteiger partial charge in [-0.05, 0) is 68.7 Å². The number of fused-ring (bicyclic) bond motifs is 1. The molecule has 0 unspecified atom stereocenters. The van der Waals surface area contributed by atoms with Crippen LogP contribution in [-0.4, -0.2) is 58.4 Å². The number of carbonyl (C=O) groups excluding carboxylic acids is 1. The second-order valence-corrected chi connectivity index (χ2v) is 11.2. The van der Waals surface area contributed by atoms with Gasteiger partial charge in [0.25, 0.3) is 15.9 Å². The summed E-state index contributed by atoms with van der Waals surface area (Å²) in [6.45, 7) is 0.954. The molecule has 0 aliphatic carbocycles. The van der Waals surface area contributed by atoms with E-state index in [9.17, 15) is 17.6 Å². The van der Waals surface area contributed by atoms with E-state index in [1.807, 2.05) is 25.1 Å². The largest absolute Gasteiger partial charge is 0.308 e. The average molecular weight is 549 g/mol. The highest BCUT2D eigenvalue weighted by Crippen LogP contribution is 2.30. The Hall–Kier alpha value is -3.05. The molecule has 0 saturated carbocycles. The molecular formula is C25H26ClFN4O3S2. The van der Waals surface area contributed by atoms with Gasteiger partial charge in [0.1, 0.15) is 5.82 Å². The lowest BCUT2D eigenvalue weighted by molar-refractivity contribution is 0.0985. The van der Waals surface area contributed by atoms with Crippen LogP contribution >= 0.6 is 23.7 Å².